The number of carbonyl (C=O) groups excluding carboxylic acids is 1. The third-order valence-electron chi connectivity index (χ3n) is 3.62. The average Bonchev–Trinajstić information content (AvgIpc) is 2.36. The molecule has 0 spiro atoms. The average molecular weight is 256 g/mol. The molecule has 1 saturated heterocycles. The molecule has 2 unspecified atom stereocenters. The van der Waals surface area contributed by atoms with Crippen LogP contribution in [0.3, 0.4) is 0 Å². The quantitative estimate of drug-likeness (QED) is 0.703. The Labute approximate surface area is 111 Å². The number of methoxy groups -OCH3 is 1. The van der Waals surface area contributed by atoms with Crippen molar-refractivity contribution in [1.82, 2.24) is 10.2 Å². The maximum Gasteiger partial charge on any atom is 0.305 e. The number of ether oxygens (including phenoxy) is 1. The van der Waals surface area contributed by atoms with E-state index in [1.165, 1.54) is 20.0 Å². The highest BCUT2D eigenvalue weighted by molar-refractivity contribution is 5.69. The molecule has 1 heterocycles. The number of esters is 1. The molecule has 1 fully saturated rings. The number of likely N-dealkylation sites (N-methyl/N-ethyl adjacent to an activating group) is 1. The van der Waals surface area contributed by atoms with Gasteiger partial charge in [-0.1, -0.05) is 20.3 Å². The van der Waals surface area contributed by atoms with E-state index in [0.29, 0.717) is 18.4 Å². The summed E-state index contributed by atoms with van der Waals surface area (Å²) in [5.41, 5.74) is 0. The predicted octanol–water partition coefficient (Wildman–Crippen LogP) is 1.65. The molecule has 0 aromatic heterocycles. The van der Waals surface area contributed by atoms with Crippen LogP contribution in [0.5, 0.6) is 0 Å². The van der Waals surface area contributed by atoms with Crippen LogP contribution < -0.4 is 5.32 Å². The number of likely N-dealkylation sites (tertiary alicyclic amines) is 1. The van der Waals surface area contributed by atoms with E-state index < -0.39 is 0 Å². The summed E-state index contributed by atoms with van der Waals surface area (Å²) < 4.78 is 4.79. The zero-order valence-corrected chi connectivity index (χ0v) is 12.1. The van der Waals surface area contributed by atoms with Crippen LogP contribution in [0.25, 0.3) is 0 Å². The largest absolute Gasteiger partial charge is 0.469 e. The number of piperidine rings is 1. The van der Waals surface area contributed by atoms with E-state index in [1.807, 2.05) is 0 Å². The number of hydrogen-bond donors (Lipinski definition) is 1. The maximum absolute atomic E-state index is 11.4. The Morgan fingerprint density at radius 3 is 2.78 bits per heavy atom. The minimum Gasteiger partial charge on any atom is -0.469 e. The molecule has 0 aromatic rings. The van der Waals surface area contributed by atoms with Crippen molar-refractivity contribution in [3.8, 4) is 0 Å². The number of carbonyl (C=O) groups is 1. The third kappa shape index (κ3) is 5.36. The van der Waals surface area contributed by atoms with Gasteiger partial charge in [0.1, 0.15) is 0 Å². The van der Waals surface area contributed by atoms with Crippen LogP contribution in [0.1, 0.15) is 39.5 Å². The lowest BCUT2D eigenvalue weighted by Crippen LogP contribution is -2.49. The van der Waals surface area contributed by atoms with Gasteiger partial charge in [0.2, 0.25) is 0 Å². The summed E-state index contributed by atoms with van der Waals surface area (Å²) in [5.74, 6) is 0.361. The molecule has 1 aliphatic heterocycles. The minimum absolute atomic E-state index is 0.0763. The monoisotopic (exact) mass is 256 g/mol. The molecular weight excluding hydrogens is 228 g/mol. The van der Waals surface area contributed by atoms with Crippen molar-refractivity contribution in [2.45, 2.75) is 45.6 Å². The number of hydrogen-bond acceptors (Lipinski definition) is 4. The zero-order valence-electron chi connectivity index (χ0n) is 12.1. The molecule has 4 heteroatoms. The van der Waals surface area contributed by atoms with Gasteiger partial charge in [0.05, 0.1) is 7.11 Å². The van der Waals surface area contributed by atoms with Crippen LogP contribution >= 0.6 is 0 Å². The molecule has 2 atom stereocenters. The first-order valence-electron chi connectivity index (χ1n) is 7.22. The molecule has 1 aliphatic rings. The molecule has 106 valence electrons. The first-order chi connectivity index (χ1) is 8.69. The van der Waals surface area contributed by atoms with Gasteiger partial charge in [0.15, 0.2) is 0 Å². The van der Waals surface area contributed by atoms with Crippen molar-refractivity contribution in [3.63, 3.8) is 0 Å². The molecule has 0 aromatic carbocycles. The van der Waals surface area contributed by atoms with Gasteiger partial charge in [-0.2, -0.15) is 0 Å². The Bertz CT molecular complexity index is 246. The molecule has 0 bridgehead atoms. The van der Waals surface area contributed by atoms with E-state index in [4.69, 9.17) is 4.74 Å². The Morgan fingerprint density at radius 1 is 1.39 bits per heavy atom. The highest BCUT2D eigenvalue weighted by atomic mass is 16.5. The van der Waals surface area contributed by atoms with Gasteiger partial charge >= 0.3 is 5.97 Å². The van der Waals surface area contributed by atoms with E-state index in [1.54, 1.807) is 0 Å². The van der Waals surface area contributed by atoms with Gasteiger partial charge in [-0.05, 0) is 31.8 Å². The molecule has 1 rings (SSSR count). The Hall–Kier alpha value is -0.610. The fourth-order valence-electron chi connectivity index (χ4n) is 2.77. The van der Waals surface area contributed by atoms with Crippen molar-refractivity contribution in [1.29, 1.82) is 0 Å². The number of unbranched alkanes of at least 4 members (excludes halogenated alkanes) is 1. The summed E-state index contributed by atoms with van der Waals surface area (Å²) in [5, 5.41) is 3.52. The molecule has 0 radical (unpaired) electrons. The Balaban J connectivity index is 2.47. The van der Waals surface area contributed by atoms with Gasteiger partial charge in [0.25, 0.3) is 0 Å². The zero-order chi connectivity index (χ0) is 13.4. The second-order valence-corrected chi connectivity index (χ2v) is 5.25. The standard InChI is InChI=1S/C14H28N2O2/c1-4-6-7-16-10-12(9-14(17)18-3)8-13(11-16)15-5-2/h12-13,15H,4-11H2,1-3H3. The fourth-order valence-corrected chi connectivity index (χ4v) is 2.77. The summed E-state index contributed by atoms with van der Waals surface area (Å²) in [6.07, 6.45) is 4.11. The number of rotatable bonds is 7. The number of nitrogens with one attached hydrogen (secondary N) is 1. The Kier molecular flexibility index (Phi) is 7.28. The molecule has 0 aliphatic carbocycles. The van der Waals surface area contributed by atoms with Crippen LogP contribution in [-0.4, -0.2) is 50.2 Å². The molecule has 1 N–H and O–H groups in total. The first kappa shape index (κ1) is 15.4. The molecule has 0 amide bonds. The highest BCUT2D eigenvalue weighted by Crippen LogP contribution is 2.21. The van der Waals surface area contributed by atoms with E-state index >= 15 is 0 Å². The van der Waals surface area contributed by atoms with Crippen LogP contribution in [0.15, 0.2) is 0 Å². The van der Waals surface area contributed by atoms with E-state index in [0.717, 1.165) is 32.6 Å². The molecule has 4 nitrogen and oxygen atoms in total. The molecular formula is C14H28N2O2. The second-order valence-electron chi connectivity index (χ2n) is 5.25. The van der Waals surface area contributed by atoms with Crippen molar-refractivity contribution >= 4 is 5.97 Å². The smallest absolute Gasteiger partial charge is 0.305 e. The van der Waals surface area contributed by atoms with Crippen LogP contribution in [0.4, 0.5) is 0 Å². The number of nitrogens with zero attached hydrogens (tertiary/aromatic N) is 1. The predicted molar refractivity (Wildman–Crippen MR) is 73.6 cm³/mol. The molecule has 0 saturated carbocycles. The SMILES string of the molecule is CCCCN1CC(CC(=O)OC)CC(NCC)C1. The lowest BCUT2D eigenvalue weighted by Gasteiger charge is -2.37. The van der Waals surface area contributed by atoms with E-state index in [2.05, 4.69) is 24.1 Å². The summed E-state index contributed by atoms with van der Waals surface area (Å²) in [6.45, 7) is 8.66. The van der Waals surface area contributed by atoms with Crippen LogP contribution in [-0.2, 0) is 9.53 Å². The lowest BCUT2D eigenvalue weighted by atomic mass is 9.91. The summed E-state index contributed by atoms with van der Waals surface area (Å²) in [6, 6.07) is 0.523. The fraction of sp³-hybridized carbons (Fsp3) is 0.929. The van der Waals surface area contributed by atoms with Gasteiger partial charge < -0.3 is 15.0 Å². The topological polar surface area (TPSA) is 41.6 Å². The van der Waals surface area contributed by atoms with Crippen molar-refractivity contribution in [3.05, 3.63) is 0 Å². The lowest BCUT2D eigenvalue weighted by molar-refractivity contribution is -0.142. The van der Waals surface area contributed by atoms with Gasteiger partial charge in [0, 0.05) is 25.6 Å². The first-order valence-corrected chi connectivity index (χ1v) is 7.22. The van der Waals surface area contributed by atoms with Crippen molar-refractivity contribution in [2.75, 3.05) is 33.3 Å². The van der Waals surface area contributed by atoms with Gasteiger partial charge in [-0.3, -0.25) is 4.79 Å². The summed E-state index contributed by atoms with van der Waals surface area (Å²) in [7, 11) is 1.47. The maximum atomic E-state index is 11.4. The van der Waals surface area contributed by atoms with Gasteiger partial charge in [-0.25, -0.2) is 0 Å². The van der Waals surface area contributed by atoms with Crippen molar-refractivity contribution in [2.24, 2.45) is 5.92 Å². The Morgan fingerprint density at radius 2 is 2.17 bits per heavy atom. The third-order valence-corrected chi connectivity index (χ3v) is 3.62. The van der Waals surface area contributed by atoms with Crippen LogP contribution in [0, 0.1) is 5.92 Å². The highest BCUT2D eigenvalue weighted by Gasteiger charge is 2.28. The van der Waals surface area contributed by atoms with E-state index in [-0.39, 0.29) is 5.97 Å². The van der Waals surface area contributed by atoms with Crippen LogP contribution in [0.2, 0.25) is 0 Å². The second kappa shape index (κ2) is 8.48. The van der Waals surface area contributed by atoms with Crippen molar-refractivity contribution < 1.29 is 9.53 Å². The summed E-state index contributed by atoms with van der Waals surface area (Å²) >= 11 is 0. The summed E-state index contributed by atoms with van der Waals surface area (Å²) in [4.78, 5) is 13.9. The van der Waals surface area contributed by atoms with Gasteiger partial charge in [-0.15, -0.1) is 0 Å². The minimum atomic E-state index is -0.0763. The molecule has 18 heavy (non-hydrogen) atoms. The normalized spacial score (nSPS) is 25.1. The van der Waals surface area contributed by atoms with E-state index in [9.17, 15) is 4.79 Å².